The minimum Gasteiger partial charge on any atom is -0.459 e. The summed E-state index contributed by atoms with van der Waals surface area (Å²) >= 11 is 0. The maximum absolute atomic E-state index is 11.7. The van der Waals surface area contributed by atoms with E-state index < -0.39 is 13.9 Å². The standard InChI is InChI=1S/C22H32O4Si/c1-18(13-14-24-16-19-9-7-6-8-10-19)11-12-20-15-21(23)25-17-22(20,2)26-27(3,4)5/h6-10,13,15H,11-12,14,16-17H2,1-5H3/b18-13+/t22-/m0/s1. The van der Waals surface area contributed by atoms with Gasteiger partial charge in [-0.05, 0) is 57.5 Å². The summed E-state index contributed by atoms with van der Waals surface area (Å²) in [6.45, 7) is 12.1. The van der Waals surface area contributed by atoms with Gasteiger partial charge < -0.3 is 13.9 Å². The first kappa shape index (κ1) is 21.6. The van der Waals surface area contributed by atoms with Gasteiger partial charge in [0.25, 0.3) is 0 Å². The van der Waals surface area contributed by atoms with Crippen LogP contribution in [0.5, 0.6) is 0 Å². The highest BCUT2D eigenvalue weighted by Gasteiger charge is 2.39. The Kier molecular flexibility index (Phi) is 7.59. The van der Waals surface area contributed by atoms with Crippen molar-refractivity contribution in [2.45, 2.75) is 58.5 Å². The number of cyclic esters (lactones) is 1. The third kappa shape index (κ3) is 7.44. The molecule has 1 aliphatic heterocycles. The molecule has 1 aliphatic rings. The van der Waals surface area contributed by atoms with E-state index in [1.165, 1.54) is 11.1 Å². The fourth-order valence-electron chi connectivity index (χ4n) is 3.13. The summed E-state index contributed by atoms with van der Waals surface area (Å²) in [6, 6.07) is 10.2. The third-order valence-corrected chi connectivity index (χ3v) is 5.51. The van der Waals surface area contributed by atoms with Crippen LogP contribution in [0.4, 0.5) is 0 Å². The molecule has 1 atom stereocenters. The molecule has 0 unspecified atom stereocenters. The van der Waals surface area contributed by atoms with Gasteiger partial charge in [-0.15, -0.1) is 0 Å². The summed E-state index contributed by atoms with van der Waals surface area (Å²) in [5, 5.41) is 0. The molecule has 0 fully saturated rings. The Morgan fingerprint density at radius 2 is 1.96 bits per heavy atom. The van der Waals surface area contributed by atoms with Gasteiger partial charge in [0.15, 0.2) is 8.32 Å². The van der Waals surface area contributed by atoms with E-state index in [0.29, 0.717) is 19.8 Å². The van der Waals surface area contributed by atoms with Crippen molar-refractivity contribution in [1.29, 1.82) is 0 Å². The average molecular weight is 389 g/mol. The summed E-state index contributed by atoms with van der Waals surface area (Å²) in [6.07, 6.45) is 5.39. The van der Waals surface area contributed by atoms with Gasteiger partial charge in [0.1, 0.15) is 12.2 Å². The van der Waals surface area contributed by atoms with Gasteiger partial charge in [-0.25, -0.2) is 4.79 Å². The van der Waals surface area contributed by atoms with E-state index in [1.54, 1.807) is 6.08 Å². The predicted octanol–water partition coefficient (Wildman–Crippen LogP) is 5.02. The van der Waals surface area contributed by atoms with Crippen LogP contribution in [0.2, 0.25) is 19.6 Å². The van der Waals surface area contributed by atoms with Gasteiger partial charge in [-0.1, -0.05) is 42.0 Å². The highest BCUT2D eigenvalue weighted by molar-refractivity contribution is 6.69. The van der Waals surface area contributed by atoms with E-state index in [1.807, 2.05) is 25.1 Å². The second-order valence-corrected chi connectivity index (χ2v) is 12.7. The van der Waals surface area contributed by atoms with Crippen molar-refractivity contribution >= 4 is 14.3 Å². The second kappa shape index (κ2) is 9.49. The van der Waals surface area contributed by atoms with E-state index in [9.17, 15) is 4.79 Å². The Morgan fingerprint density at radius 1 is 1.26 bits per heavy atom. The first-order valence-electron chi connectivity index (χ1n) is 9.53. The molecular formula is C22H32O4Si. The van der Waals surface area contributed by atoms with E-state index in [4.69, 9.17) is 13.9 Å². The molecule has 0 radical (unpaired) electrons. The third-order valence-electron chi connectivity index (χ3n) is 4.44. The highest BCUT2D eigenvalue weighted by Crippen LogP contribution is 2.33. The Morgan fingerprint density at radius 3 is 2.63 bits per heavy atom. The highest BCUT2D eigenvalue weighted by atomic mass is 28.4. The molecule has 1 aromatic rings. The summed E-state index contributed by atoms with van der Waals surface area (Å²) < 4.78 is 17.3. The average Bonchev–Trinajstić information content (AvgIpc) is 2.59. The smallest absolute Gasteiger partial charge is 0.330 e. The molecule has 0 saturated heterocycles. The molecule has 4 nitrogen and oxygen atoms in total. The van der Waals surface area contributed by atoms with E-state index in [0.717, 1.165) is 18.4 Å². The van der Waals surface area contributed by atoms with Crippen LogP contribution >= 0.6 is 0 Å². The Bertz CT molecular complexity index is 688. The number of rotatable bonds is 9. The van der Waals surface area contributed by atoms with Gasteiger partial charge in [0.2, 0.25) is 0 Å². The molecule has 0 saturated carbocycles. The van der Waals surface area contributed by atoms with Crippen molar-refractivity contribution in [1.82, 2.24) is 0 Å². The van der Waals surface area contributed by atoms with Crippen LogP contribution < -0.4 is 0 Å². The zero-order valence-electron chi connectivity index (χ0n) is 17.2. The maximum atomic E-state index is 11.7. The summed E-state index contributed by atoms with van der Waals surface area (Å²) in [5.41, 5.74) is 2.94. The minimum absolute atomic E-state index is 0.269. The molecule has 1 aromatic carbocycles. The molecule has 27 heavy (non-hydrogen) atoms. The van der Waals surface area contributed by atoms with Gasteiger partial charge >= 0.3 is 5.97 Å². The second-order valence-electron chi connectivity index (χ2n) is 8.27. The predicted molar refractivity (Wildman–Crippen MR) is 111 cm³/mol. The van der Waals surface area contributed by atoms with Crippen molar-refractivity contribution < 1.29 is 18.7 Å². The molecule has 0 bridgehead atoms. The molecular weight excluding hydrogens is 356 g/mol. The lowest BCUT2D eigenvalue weighted by Crippen LogP contribution is -2.47. The lowest BCUT2D eigenvalue weighted by Gasteiger charge is -2.39. The van der Waals surface area contributed by atoms with E-state index in [2.05, 4.69) is 44.8 Å². The molecule has 0 aliphatic carbocycles. The van der Waals surface area contributed by atoms with E-state index >= 15 is 0 Å². The zero-order chi connectivity index (χ0) is 19.9. The molecule has 1 heterocycles. The lowest BCUT2D eigenvalue weighted by atomic mass is 9.89. The van der Waals surface area contributed by atoms with Crippen LogP contribution in [-0.2, 0) is 25.3 Å². The SMILES string of the molecule is C/C(=C\COCc1ccccc1)CCC1=CC(=O)OC[C@]1(C)O[Si](C)(C)C. The Labute approximate surface area is 164 Å². The monoisotopic (exact) mass is 388 g/mol. The van der Waals surface area contributed by atoms with Gasteiger partial charge in [0, 0.05) is 6.08 Å². The first-order valence-corrected chi connectivity index (χ1v) is 12.9. The number of ether oxygens (including phenoxy) is 2. The van der Waals surface area contributed by atoms with Gasteiger partial charge in [0.05, 0.1) is 13.2 Å². The van der Waals surface area contributed by atoms with Crippen LogP contribution in [0, 0.1) is 0 Å². The number of benzene rings is 1. The van der Waals surface area contributed by atoms with Crippen molar-refractivity contribution in [3.8, 4) is 0 Å². The fraction of sp³-hybridized carbons (Fsp3) is 0.500. The number of allylic oxidation sites excluding steroid dienone is 1. The molecule has 148 valence electrons. The van der Waals surface area contributed by atoms with Crippen LogP contribution in [0.15, 0.2) is 53.6 Å². The van der Waals surface area contributed by atoms with Crippen molar-refractivity contribution in [3.05, 3.63) is 59.2 Å². The molecule has 0 aromatic heterocycles. The van der Waals surface area contributed by atoms with Crippen LogP contribution in [-0.4, -0.2) is 33.1 Å². The Hall–Kier alpha value is -1.69. The van der Waals surface area contributed by atoms with Gasteiger partial charge in [-0.3, -0.25) is 0 Å². The van der Waals surface area contributed by atoms with Crippen molar-refractivity contribution in [2.24, 2.45) is 0 Å². The fourth-order valence-corrected chi connectivity index (χ4v) is 4.67. The van der Waals surface area contributed by atoms with E-state index in [-0.39, 0.29) is 5.97 Å². The Balaban J connectivity index is 1.87. The quantitative estimate of drug-likeness (QED) is 0.258. The molecule has 0 N–H and O–H groups in total. The number of carbonyl (C=O) groups is 1. The number of hydrogen-bond acceptors (Lipinski definition) is 4. The number of carbonyl (C=O) groups excluding carboxylic acids is 1. The van der Waals surface area contributed by atoms with Crippen LogP contribution in [0.1, 0.15) is 32.3 Å². The van der Waals surface area contributed by atoms with Crippen LogP contribution in [0.25, 0.3) is 0 Å². The topological polar surface area (TPSA) is 44.8 Å². The molecule has 0 spiro atoms. The molecule has 0 amide bonds. The largest absolute Gasteiger partial charge is 0.459 e. The van der Waals surface area contributed by atoms with Crippen molar-refractivity contribution in [3.63, 3.8) is 0 Å². The summed E-state index contributed by atoms with van der Waals surface area (Å²) in [5.74, 6) is -0.269. The summed E-state index contributed by atoms with van der Waals surface area (Å²) in [4.78, 5) is 11.7. The van der Waals surface area contributed by atoms with Gasteiger partial charge in [-0.2, -0.15) is 0 Å². The van der Waals surface area contributed by atoms with Crippen molar-refractivity contribution in [2.75, 3.05) is 13.2 Å². The number of hydrogen-bond donors (Lipinski definition) is 0. The number of esters is 1. The minimum atomic E-state index is -1.76. The zero-order valence-corrected chi connectivity index (χ0v) is 18.2. The lowest BCUT2D eigenvalue weighted by molar-refractivity contribution is -0.145. The maximum Gasteiger partial charge on any atom is 0.330 e. The molecule has 5 heteroatoms. The first-order chi connectivity index (χ1) is 12.7. The summed E-state index contributed by atoms with van der Waals surface area (Å²) in [7, 11) is -1.76. The normalized spacial score (nSPS) is 21.0. The molecule has 2 rings (SSSR count). The van der Waals surface area contributed by atoms with Crippen LogP contribution in [0.3, 0.4) is 0 Å².